The summed E-state index contributed by atoms with van der Waals surface area (Å²) in [6.45, 7) is 3.96. The van der Waals surface area contributed by atoms with E-state index in [1.165, 1.54) is 13.3 Å². The SMILES string of the molecule is COC(=O)c1cncc(NC2(C)CCNC2)n1. The van der Waals surface area contributed by atoms with Crippen LogP contribution in [0.3, 0.4) is 0 Å². The summed E-state index contributed by atoms with van der Waals surface area (Å²) in [7, 11) is 1.33. The molecule has 1 aromatic heterocycles. The second-order valence-corrected chi connectivity index (χ2v) is 4.39. The molecule has 2 N–H and O–H groups in total. The number of nitrogens with zero attached hydrogens (tertiary/aromatic N) is 2. The van der Waals surface area contributed by atoms with Gasteiger partial charge in [-0.1, -0.05) is 0 Å². The fourth-order valence-electron chi connectivity index (χ4n) is 1.86. The second kappa shape index (κ2) is 4.67. The van der Waals surface area contributed by atoms with Crippen molar-refractivity contribution in [2.24, 2.45) is 0 Å². The molecular formula is C11H16N4O2. The van der Waals surface area contributed by atoms with Gasteiger partial charge in [0.15, 0.2) is 5.69 Å². The monoisotopic (exact) mass is 236 g/mol. The zero-order chi connectivity index (χ0) is 12.3. The van der Waals surface area contributed by atoms with Crippen molar-refractivity contribution in [1.29, 1.82) is 0 Å². The maximum atomic E-state index is 11.3. The first-order chi connectivity index (χ1) is 8.13. The van der Waals surface area contributed by atoms with E-state index in [1.54, 1.807) is 6.20 Å². The van der Waals surface area contributed by atoms with Crippen molar-refractivity contribution in [2.75, 3.05) is 25.5 Å². The third-order valence-corrected chi connectivity index (χ3v) is 2.83. The van der Waals surface area contributed by atoms with Gasteiger partial charge in [0.05, 0.1) is 19.5 Å². The number of rotatable bonds is 3. The summed E-state index contributed by atoms with van der Waals surface area (Å²) < 4.78 is 4.60. The van der Waals surface area contributed by atoms with Gasteiger partial charge in [0, 0.05) is 12.1 Å². The van der Waals surface area contributed by atoms with Gasteiger partial charge in [-0.05, 0) is 19.9 Å². The van der Waals surface area contributed by atoms with Crippen molar-refractivity contribution in [3.8, 4) is 0 Å². The molecule has 0 aliphatic carbocycles. The zero-order valence-electron chi connectivity index (χ0n) is 9.99. The van der Waals surface area contributed by atoms with Crippen LogP contribution in [0.2, 0.25) is 0 Å². The van der Waals surface area contributed by atoms with Crippen LogP contribution >= 0.6 is 0 Å². The Hall–Kier alpha value is -1.69. The van der Waals surface area contributed by atoms with Gasteiger partial charge < -0.3 is 15.4 Å². The Morgan fingerprint density at radius 1 is 1.59 bits per heavy atom. The van der Waals surface area contributed by atoms with E-state index in [-0.39, 0.29) is 11.2 Å². The minimum Gasteiger partial charge on any atom is -0.464 e. The van der Waals surface area contributed by atoms with E-state index in [9.17, 15) is 4.79 Å². The van der Waals surface area contributed by atoms with Gasteiger partial charge in [0.1, 0.15) is 5.82 Å². The molecule has 1 fully saturated rings. The number of methoxy groups -OCH3 is 1. The van der Waals surface area contributed by atoms with Crippen molar-refractivity contribution in [2.45, 2.75) is 18.9 Å². The number of hydrogen-bond acceptors (Lipinski definition) is 6. The highest BCUT2D eigenvalue weighted by Gasteiger charge is 2.28. The van der Waals surface area contributed by atoms with E-state index in [0.717, 1.165) is 19.5 Å². The molecule has 2 heterocycles. The Morgan fingerprint density at radius 3 is 3.06 bits per heavy atom. The highest BCUT2D eigenvalue weighted by atomic mass is 16.5. The molecule has 6 heteroatoms. The van der Waals surface area contributed by atoms with Crippen LogP contribution in [0, 0.1) is 0 Å². The van der Waals surface area contributed by atoms with Crippen LogP contribution in [0.4, 0.5) is 5.82 Å². The summed E-state index contributed by atoms with van der Waals surface area (Å²) in [6, 6.07) is 0. The van der Waals surface area contributed by atoms with Gasteiger partial charge >= 0.3 is 5.97 Å². The largest absolute Gasteiger partial charge is 0.464 e. The molecule has 0 aromatic carbocycles. The molecule has 1 unspecified atom stereocenters. The summed E-state index contributed by atoms with van der Waals surface area (Å²) in [5.74, 6) is 0.120. The smallest absolute Gasteiger partial charge is 0.358 e. The van der Waals surface area contributed by atoms with Crippen LogP contribution in [0.15, 0.2) is 12.4 Å². The molecule has 0 saturated carbocycles. The molecule has 1 aliphatic rings. The molecule has 17 heavy (non-hydrogen) atoms. The van der Waals surface area contributed by atoms with Crippen LogP contribution in [-0.2, 0) is 4.74 Å². The number of carbonyl (C=O) groups is 1. The van der Waals surface area contributed by atoms with Crippen LogP contribution in [0.1, 0.15) is 23.8 Å². The maximum Gasteiger partial charge on any atom is 0.358 e. The highest BCUT2D eigenvalue weighted by molar-refractivity contribution is 5.87. The molecule has 2 rings (SSSR count). The molecule has 1 aliphatic heterocycles. The topological polar surface area (TPSA) is 76.1 Å². The zero-order valence-corrected chi connectivity index (χ0v) is 9.99. The van der Waals surface area contributed by atoms with Crippen LogP contribution in [0.5, 0.6) is 0 Å². The van der Waals surface area contributed by atoms with Gasteiger partial charge in [-0.3, -0.25) is 4.98 Å². The molecule has 1 atom stereocenters. The lowest BCUT2D eigenvalue weighted by Gasteiger charge is -2.24. The average molecular weight is 236 g/mol. The van der Waals surface area contributed by atoms with Gasteiger partial charge in [0.2, 0.25) is 0 Å². The lowest BCUT2D eigenvalue weighted by molar-refractivity contribution is 0.0593. The summed E-state index contributed by atoms with van der Waals surface area (Å²) >= 11 is 0. The van der Waals surface area contributed by atoms with Crippen LogP contribution < -0.4 is 10.6 Å². The average Bonchev–Trinajstić information content (AvgIpc) is 2.75. The standard InChI is InChI=1S/C11H16N4O2/c1-11(3-4-12-7-11)15-9-6-13-5-8(14-9)10(16)17-2/h5-6,12H,3-4,7H2,1-2H3,(H,14,15). The van der Waals surface area contributed by atoms with Gasteiger partial charge in [-0.15, -0.1) is 0 Å². The number of ether oxygens (including phenoxy) is 1. The summed E-state index contributed by atoms with van der Waals surface area (Å²) in [5.41, 5.74) is 0.177. The summed E-state index contributed by atoms with van der Waals surface area (Å²) in [5, 5.41) is 6.57. The predicted octanol–water partition coefficient (Wildman–Crippen LogP) is 0.427. The number of anilines is 1. The van der Waals surface area contributed by atoms with Gasteiger partial charge in [-0.25, -0.2) is 9.78 Å². The maximum absolute atomic E-state index is 11.3. The molecule has 0 amide bonds. The normalized spacial score (nSPS) is 23.4. The third kappa shape index (κ3) is 2.71. The van der Waals surface area contributed by atoms with Gasteiger partial charge in [-0.2, -0.15) is 0 Å². The van der Waals surface area contributed by atoms with Crippen molar-refractivity contribution in [1.82, 2.24) is 15.3 Å². The Labute approximate surface area is 99.8 Å². The summed E-state index contributed by atoms with van der Waals surface area (Å²) in [6.07, 6.45) is 4.01. The molecular weight excluding hydrogens is 220 g/mol. The van der Waals surface area contributed by atoms with Crippen molar-refractivity contribution >= 4 is 11.8 Å². The lowest BCUT2D eigenvalue weighted by Crippen LogP contribution is -2.37. The Balaban J connectivity index is 2.13. The van der Waals surface area contributed by atoms with E-state index in [1.807, 2.05) is 0 Å². The predicted molar refractivity (Wildman–Crippen MR) is 62.9 cm³/mol. The number of aromatic nitrogens is 2. The van der Waals surface area contributed by atoms with Gasteiger partial charge in [0.25, 0.3) is 0 Å². The number of hydrogen-bond donors (Lipinski definition) is 2. The molecule has 0 spiro atoms. The van der Waals surface area contributed by atoms with E-state index in [0.29, 0.717) is 5.82 Å². The first kappa shape index (κ1) is 11.8. The molecule has 6 nitrogen and oxygen atoms in total. The fraction of sp³-hybridized carbons (Fsp3) is 0.545. The molecule has 1 aromatic rings. The quantitative estimate of drug-likeness (QED) is 0.741. The first-order valence-electron chi connectivity index (χ1n) is 5.52. The lowest BCUT2D eigenvalue weighted by atomic mass is 10.0. The minimum atomic E-state index is -0.476. The summed E-state index contributed by atoms with van der Waals surface area (Å²) in [4.78, 5) is 19.5. The second-order valence-electron chi connectivity index (χ2n) is 4.39. The van der Waals surface area contributed by atoms with E-state index < -0.39 is 5.97 Å². The molecule has 0 bridgehead atoms. The van der Waals surface area contributed by atoms with Crippen molar-refractivity contribution in [3.05, 3.63) is 18.1 Å². The van der Waals surface area contributed by atoms with Crippen LogP contribution in [0.25, 0.3) is 0 Å². The number of nitrogens with one attached hydrogen (secondary N) is 2. The highest BCUT2D eigenvalue weighted by Crippen LogP contribution is 2.19. The Bertz CT molecular complexity index is 416. The Morgan fingerprint density at radius 2 is 2.41 bits per heavy atom. The Kier molecular flexibility index (Phi) is 3.23. The minimum absolute atomic E-state index is 0.0383. The number of carbonyl (C=O) groups excluding carboxylic acids is 1. The molecule has 92 valence electrons. The molecule has 1 saturated heterocycles. The van der Waals surface area contributed by atoms with Crippen molar-refractivity contribution in [3.63, 3.8) is 0 Å². The van der Waals surface area contributed by atoms with E-state index >= 15 is 0 Å². The molecule has 0 radical (unpaired) electrons. The fourth-order valence-corrected chi connectivity index (χ4v) is 1.86. The number of esters is 1. The van der Waals surface area contributed by atoms with Crippen molar-refractivity contribution < 1.29 is 9.53 Å². The van der Waals surface area contributed by atoms with Crippen LogP contribution in [-0.4, -0.2) is 41.7 Å². The van der Waals surface area contributed by atoms with E-state index in [2.05, 4.69) is 32.3 Å². The first-order valence-corrected chi connectivity index (χ1v) is 5.52. The third-order valence-electron chi connectivity index (χ3n) is 2.83. The van der Waals surface area contributed by atoms with E-state index in [4.69, 9.17) is 0 Å².